The summed E-state index contributed by atoms with van der Waals surface area (Å²) >= 11 is 0. The van der Waals surface area contributed by atoms with E-state index in [9.17, 15) is 0 Å². The fourth-order valence-electron chi connectivity index (χ4n) is 1.05. The van der Waals surface area contributed by atoms with Crippen LogP contribution in [0.4, 0.5) is 0 Å². The van der Waals surface area contributed by atoms with E-state index < -0.39 is 0 Å². The van der Waals surface area contributed by atoms with Crippen LogP contribution in [0.1, 0.15) is 11.1 Å². The second-order valence-corrected chi connectivity index (χ2v) is 3.93. The Bertz CT molecular complexity index is 245. The minimum absolute atomic E-state index is 0.760. The molecule has 2 radical (unpaired) electrons. The van der Waals surface area contributed by atoms with Crippen molar-refractivity contribution in [3.05, 3.63) is 29.3 Å². The summed E-state index contributed by atoms with van der Waals surface area (Å²) in [6.45, 7) is 4.30. The molecule has 11 heavy (non-hydrogen) atoms. The normalized spacial score (nSPS) is 10.1. The van der Waals surface area contributed by atoms with E-state index in [4.69, 9.17) is 5.73 Å². The summed E-state index contributed by atoms with van der Waals surface area (Å²) in [5, 5.41) is 1.41. The quantitative estimate of drug-likeness (QED) is 0.633. The molecule has 1 nitrogen and oxygen atoms in total. The predicted molar refractivity (Wildman–Crippen MR) is 50.4 cm³/mol. The Kier molecular flexibility index (Phi) is 2.85. The first-order valence-electron chi connectivity index (χ1n) is 3.76. The largest absolute Gasteiger partial charge is 0.333 e. The molecule has 0 aliphatic carbocycles. The average molecular weight is 163 g/mol. The van der Waals surface area contributed by atoms with E-state index in [2.05, 4.69) is 32.0 Å². The van der Waals surface area contributed by atoms with Crippen molar-refractivity contribution < 1.29 is 0 Å². The van der Waals surface area contributed by atoms with Crippen LogP contribution in [0.3, 0.4) is 0 Å². The molecule has 0 atom stereocenters. The molecule has 0 amide bonds. The molecule has 2 N–H and O–H groups in total. The zero-order valence-corrected chi connectivity index (χ0v) is 8.02. The first-order valence-corrected chi connectivity index (χ1v) is 4.96. The SMILES string of the molecule is Cc1cccc([Si]CN)c1C. The lowest BCUT2D eigenvalue weighted by Gasteiger charge is -2.05. The minimum Gasteiger partial charge on any atom is -0.333 e. The van der Waals surface area contributed by atoms with Gasteiger partial charge in [0.15, 0.2) is 0 Å². The molecule has 0 unspecified atom stereocenters. The van der Waals surface area contributed by atoms with Crippen molar-refractivity contribution in [2.24, 2.45) is 5.73 Å². The lowest BCUT2D eigenvalue weighted by Crippen LogP contribution is -2.25. The van der Waals surface area contributed by atoms with Crippen molar-refractivity contribution in [3.8, 4) is 0 Å². The molecule has 1 aromatic rings. The Hall–Kier alpha value is -0.603. The highest BCUT2D eigenvalue weighted by molar-refractivity contribution is 6.54. The Morgan fingerprint density at radius 1 is 1.36 bits per heavy atom. The zero-order valence-electron chi connectivity index (χ0n) is 7.02. The highest BCUT2D eigenvalue weighted by Crippen LogP contribution is 2.01. The van der Waals surface area contributed by atoms with Gasteiger partial charge in [-0.2, -0.15) is 0 Å². The lowest BCUT2D eigenvalue weighted by molar-refractivity contribution is 1.34. The highest BCUT2D eigenvalue weighted by atomic mass is 28.2. The van der Waals surface area contributed by atoms with E-state index in [1.54, 1.807) is 0 Å². The van der Waals surface area contributed by atoms with Gasteiger partial charge >= 0.3 is 0 Å². The summed E-state index contributed by atoms with van der Waals surface area (Å²) in [6.07, 6.45) is 0.768. The minimum atomic E-state index is 0.760. The zero-order chi connectivity index (χ0) is 8.27. The molecule has 0 aliphatic heterocycles. The first-order chi connectivity index (χ1) is 5.25. The fraction of sp³-hybridized carbons (Fsp3) is 0.333. The van der Waals surface area contributed by atoms with Gasteiger partial charge in [0, 0.05) is 0 Å². The molecule has 0 heterocycles. The monoisotopic (exact) mass is 163 g/mol. The second-order valence-electron chi connectivity index (χ2n) is 2.63. The molecular weight excluding hydrogens is 150 g/mol. The van der Waals surface area contributed by atoms with Crippen LogP contribution in [0.5, 0.6) is 0 Å². The number of benzene rings is 1. The number of rotatable bonds is 2. The summed E-state index contributed by atoms with van der Waals surface area (Å²) in [7, 11) is 0.760. The Balaban J connectivity index is 2.96. The molecule has 0 aliphatic rings. The van der Waals surface area contributed by atoms with Crippen molar-refractivity contribution >= 4 is 14.7 Å². The summed E-state index contributed by atoms with van der Waals surface area (Å²) in [5.74, 6) is 0. The maximum Gasteiger partial charge on any atom is 0.0977 e. The Morgan fingerprint density at radius 2 is 2.09 bits per heavy atom. The maximum atomic E-state index is 5.49. The van der Waals surface area contributed by atoms with Gasteiger partial charge in [-0.05, 0) is 31.1 Å². The smallest absolute Gasteiger partial charge is 0.0977 e. The molecule has 1 rings (SSSR count). The molecular formula is C9H13NSi. The molecule has 1 aromatic carbocycles. The van der Waals surface area contributed by atoms with E-state index >= 15 is 0 Å². The number of aryl methyl sites for hydroxylation is 1. The summed E-state index contributed by atoms with van der Waals surface area (Å²) < 4.78 is 0. The molecule has 58 valence electrons. The van der Waals surface area contributed by atoms with E-state index in [1.165, 1.54) is 16.3 Å². The van der Waals surface area contributed by atoms with Crippen LogP contribution in [0, 0.1) is 13.8 Å². The van der Waals surface area contributed by atoms with Gasteiger partial charge in [-0.25, -0.2) is 0 Å². The van der Waals surface area contributed by atoms with Crippen LogP contribution in [0.2, 0.25) is 0 Å². The van der Waals surface area contributed by atoms with Gasteiger partial charge in [0.2, 0.25) is 0 Å². The third-order valence-corrected chi connectivity index (χ3v) is 3.02. The van der Waals surface area contributed by atoms with Gasteiger partial charge < -0.3 is 5.73 Å². The third kappa shape index (κ3) is 1.91. The summed E-state index contributed by atoms with van der Waals surface area (Å²) in [4.78, 5) is 0. The van der Waals surface area contributed by atoms with Crippen molar-refractivity contribution in [2.45, 2.75) is 13.8 Å². The van der Waals surface area contributed by atoms with Crippen LogP contribution >= 0.6 is 0 Å². The highest BCUT2D eigenvalue weighted by Gasteiger charge is 1.98. The topological polar surface area (TPSA) is 26.0 Å². The average Bonchev–Trinajstić information content (AvgIpc) is 1.99. The number of hydrogen-bond donors (Lipinski definition) is 1. The van der Waals surface area contributed by atoms with E-state index in [1.807, 2.05) is 0 Å². The molecule has 0 saturated heterocycles. The fourth-order valence-corrected chi connectivity index (χ4v) is 1.95. The van der Waals surface area contributed by atoms with Crippen LogP contribution in [-0.4, -0.2) is 15.7 Å². The van der Waals surface area contributed by atoms with Crippen molar-refractivity contribution in [1.82, 2.24) is 0 Å². The maximum absolute atomic E-state index is 5.49. The van der Waals surface area contributed by atoms with Crippen LogP contribution in [-0.2, 0) is 0 Å². The van der Waals surface area contributed by atoms with Gasteiger partial charge in [-0.1, -0.05) is 23.4 Å². The molecule has 0 aromatic heterocycles. The standard InChI is InChI=1S/C9H13NSi/c1-7-4-3-5-9(8(7)2)11-6-10/h3-5H,6,10H2,1-2H3. The molecule has 0 spiro atoms. The van der Waals surface area contributed by atoms with Gasteiger partial charge in [0.1, 0.15) is 0 Å². The van der Waals surface area contributed by atoms with Crippen molar-refractivity contribution in [2.75, 3.05) is 6.17 Å². The number of hydrogen-bond acceptors (Lipinski definition) is 1. The third-order valence-electron chi connectivity index (χ3n) is 1.90. The number of nitrogens with two attached hydrogens (primary N) is 1. The Morgan fingerprint density at radius 3 is 2.73 bits per heavy atom. The molecule has 2 heteroatoms. The van der Waals surface area contributed by atoms with E-state index in [0.717, 1.165) is 15.7 Å². The molecule has 0 saturated carbocycles. The van der Waals surface area contributed by atoms with E-state index in [0.29, 0.717) is 0 Å². The Labute approximate surface area is 70.4 Å². The van der Waals surface area contributed by atoms with Crippen LogP contribution in [0.25, 0.3) is 0 Å². The van der Waals surface area contributed by atoms with Gasteiger partial charge in [0.25, 0.3) is 0 Å². The summed E-state index contributed by atoms with van der Waals surface area (Å²) in [5.41, 5.74) is 8.26. The predicted octanol–water partition coefficient (Wildman–Crippen LogP) is 0.549. The van der Waals surface area contributed by atoms with E-state index in [-0.39, 0.29) is 0 Å². The van der Waals surface area contributed by atoms with Crippen molar-refractivity contribution in [1.29, 1.82) is 0 Å². The first kappa shape index (κ1) is 8.49. The van der Waals surface area contributed by atoms with Crippen LogP contribution < -0.4 is 10.9 Å². The van der Waals surface area contributed by atoms with Gasteiger partial charge in [-0.3, -0.25) is 0 Å². The lowest BCUT2D eigenvalue weighted by atomic mass is 10.1. The van der Waals surface area contributed by atoms with Gasteiger partial charge in [-0.15, -0.1) is 0 Å². The second kappa shape index (κ2) is 3.69. The summed E-state index contributed by atoms with van der Waals surface area (Å²) in [6, 6.07) is 6.40. The molecule has 0 fully saturated rings. The van der Waals surface area contributed by atoms with Crippen LogP contribution in [0.15, 0.2) is 18.2 Å². The van der Waals surface area contributed by atoms with Crippen molar-refractivity contribution in [3.63, 3.8) is 0 Å². The molecule has 0 bridgehead atoms. The van der Waals surface area contributed by atoms with Gasteiger partial charge in [0.05, 0.1) is 9.52 Å².